The molecule has 12 nitrogen and oxygen atoms in total. The molecule has 3 saturated carbocycles. The predicted octanol–water partition coefficient (Wildman–Crippen LogP) is 0.753. The molecule has 14 atom stereocenters. The van der Waals surface area contributed by atoms with Crippen LogP contribution in [0.2, 0.25) is 0 Å². The fraction of sp³-hybridized carbons (Fsp3) is 0.806. The number of allylic oxidation sites excluding steroid dienone is 2. The summed E-state index contributed by atoms with van der Waals surface area (Å²) in [5.41, 5.74) is -6.36. The molecule has 5 aliphatic rings. The Bertz CT molecular complexity index is 1390. The van der Waals surface area contributed by atoms with Crippen LogP contribution in [0.3, 0.4) is 0 Å². The van der Waals surface area contributed by atoms with Crippen molar-refractivity contribution >= 4 is 17.3 Å². The molecule has 270 valence electrons. The average Bonchev–Trinajstić information content (AvgIpc) is 3.19. The van der Waals surface area contributed by atoms with Crippen LogP contribution in [0.25, 0.3) is 0 Å². The fourth-order valence-corrected chi connectivity index (χ4v) is 10.4. The highest BCUT2D eigenvalue weighted by Crippen LogP contribution is 2.74. The quantitative estimate of drug-likeness (QED) is 0.147. The highest BCUT2D eigenvalue weighted by Gasteiger charge is 2.74. The van der Waals surface area contributed by atoms with Gasteiger partial charge in [-0.15, -0.1) is 0 Å². The third kappa shape index (κ3) is 5.33. The van der Waals surface area contributed by atoms with Crippen LogP contribution in [0.4, 0.5) is 0 Å². The first-order valence-corrected chi connectivity index (χ1v) is 17.0. The van der Waals surface area contributed by atoms with Gasteiger partial charge in [-0.05, 0) is 82.6 Å². The van der Waals surface area contributed by atoms with Crippen LogP contribution in [0.1, 0.15) is 81.1 Å². The maximum atomic E-state index is 14.7. The fourth-order valence-electron chi connectivity index (χ4n) is 10.4. The number of hydrogen-bond acceptors (Lipinski definition) is 12. The van der Waals surface area contributed by atoms with Gasteiger partial charge in [0.15, 0.2) is 17.9 Å². The van der Waals surface area contributed by atoms with E-state index in [2.05, 4.69) is 0 Å². The number of hydrogen-bond donors (Lipinski definition) is 7. The third-order valence-corrected chi connectivity index (χ3v) is 13.3. The van der Waals surface area contributed by atoms with E-state index >= 15 is 0 Å². The predicted molar refractivity (Wildman–Crippen MR) is 171 cm³/mol. The van der Waals surface area contributed by atoms with Crippen molar-refractivity contribution in [1.82, 2.24) is 0 Å². The van der Waals surface area contributed by atoms with E-state index in [0.29, 0.717) is 6.42 Å². The van der Waals surface area contributed by atoms with Gasteiger partial charge < -0.3 is 45.2 Å². The summed E-state index contributed by atoms with van der Waals surface area (Å²) in [5, 5.41) is 74.5. The molecule has 1 aliphatic heterocycles. The minimum Gasteiger partial charge on any atom is -0.394 e. The highest BCUT2D eigenvalue weighted by atomic mass is 16.7. The van der Waals surface area contributed by atoms with Crippen LogP contribution in [-0.4, -0.2) is 114 Å². The second kappa shape index (κ2) is 11.8. The number of ketones is 3. The van der Waals surface area contributed by atoms with Crippen LogP contribution in [0, 0.1) is 39.4 Å². The van der Waals surface area contributed by atoms with Crippen molar-refractivity contribution in [3.8, 4) is 0 Å². The van der Waals surface area contributed by atoms with Gasteiger partial charge in [-0.3, -0.25) is 14.4 Å². The first-order valence-electron chi connectivity index (χ1n) is 17.0. The van der Waals surface area contributed by atoms with Gasteiger partial charge in [0.1, 0.15) is 41.9 Å². The first kappa shape index (κ1) is 37.4. The molecule has 0 amide bonds. The molecule has 0 aromatic heterocycles. The lowest BCUT2D eigenvalue weighted by molar-refractivity contribution is -0.311. The normalized spacial score (nSPS) is 47.2. The Labute approximate surface area is 281 Å². The van der Waals surface area contributed by atoms with E-state index in [0.717, 1.165) is 11.6 Å². The summed E-state index contributed by atoms with van der Waals surface area (Å²) in [6.45, 7) is 13.0. The number of carbonyl (C=O) groups is 3. The smallest absolute Gasteiger partial charge is 0.187 e. The van der Waals surface area contributed by atoms with Crippen LogP contribution >= 0.6 is 0 Å². The van der Waals surface area contributed by atoms with Gasteiger partial charge in [-0.1, -0.05) is 38.5 Å². The van der Waals surface area contributed by atoms with Gasteiger partial charge in [-0.25, -0.2) is 0 Å². The lowest BCUT2D eigenvalue weighted by Crippen LogP contribution is -2.66. The van der Waals surface area contributed by atoms with Gasteiger partial charge in [0.2, 0.25) is 0 Å². The van der Waals surface area contributed by atoms with Crippen molar-refractivity contribution in [1.29, 1.82) is 0 Å². The van der Waals surface area contributed by atoms with Crippen molar-refractivity contribution < 1.29 is 59.6 Å². The molecule has 7 N–H and O–H groups in total. The van der Waals surface area contributed by atoms with E-state index < -0.39 is 100 Å². The summed E-state index contributed by atoms with van der Waals surface area (Å²) in [5.74, 6) is -2.91. The van der Waals surface area contributed by atoms with E-state index in [1.165, 1.54) is 26.8 Å². The summed E-state index contributed by atoms with van der Waals surface area (Å²) in [7, 11) is 0. The van der Waals surface area contributed by atoms with E-state index in [9.17, 15) is 50.1 Å². The molecule has 0 aromatic carbocycles. The van der Waals surface area contributed by atoms with Crippen molar-refractivity contribution in [2.75, 3.05) is 6.61 Å². The average molecular weight is 679 g/mol. The number of fused-ring (bicyclic) bond motifs is 5. The van der Waals surface area contributed by atoms with E-state index in [1.54, 1.807) is 13.8 Å². The van der Waals surface area contributed by atoms with Crippen molar-refractivity contribution in [3.05, 3.63) is 23.8 Å². The molecule has 0 bridgehead atoms. The topological polar surface area (TPSA) is 211 Å². The molecule has 0 radical (unpaired) electrons. The third-order valence-electron chi connectivity index (χ3n) is 13.3. The molecule has 4 fully saturated rings. The Morgan fingerprint density at radius 1 is 1.00 bits per heavy atom. The number of aliphatic hydroxyl groups is 7. The minimum absolute atomic E-state index is 0.0345. The Hall–Kier alpha value is -1.87. The second-order valence-electron chi connectivity index (χ2n) is 17.0. The zero-order valence-electron chi connectivity index (χ0n) is 29.2. The molecule has 1 saturated heterocycles. The highest BCUT2D eigenvalue weighted by molar-refractivity contribution is 5.98. The van der Waals surface area contributed by atoms with E-state index in [1.807, 2.05) is 26.8 Å². The van der Waals surface area contributed by atoms with Crippen molar-refractivity contribution in [2.45, 2.75) is 135 Å². The van der Waals surface area contributed by atoms with Crippen LogP contribution in [0.15, 0.2) is 23.8 Å². The van der Waals surface area contributed by atoms with Gasteiger partial charge in [0.05, 0.1) is 18.3 Å². The lowest BCUT2D eigenvalue weighted by Gasteiger charge is -2.64. The number of ether oxygens (including phenoxy) is 2. The molecule has 0 spiro atoms. The van der Waals surface area contributed by atoms with Gasteiger partial charge in [0, 0.05) is 23.2 Å². The Morgan fingerprint density at radius 3 is 2.21 bits per heavy atom. The zero-order chi connectivity index (χ0) is 36.2. The molecule has 1 heterocycles. The molecular formula is C36H54O12. The Morgan fingerprint density at radius 2 is 1.62 bits per heavy atom. The van der Waals surface area contributed by atoms with Gasteiger partial charge in [-0.2, -0.15) is 0 Å². The van der Waals surface area contributed by atoms with Gasteiger partial charge in [0.25, 0.3) is 0 Å². The van der Waals surface area contributed by atoms with Crippen LogP contribution in [-0.2, 0) is 23.9 Å². The Balaban J connectivity index is 1.51. The lowest BCUT2D eigenvalue weighted by atomic mass is 9.38. The maximum absolute atomic E-state index is 14.7. The molecule has 1 unspecified atom stereocenters. The number of rotatable bonds is 7. The SMILES string of the molecule is CC(C)(O)C=CC(=O)C(C)(O)[C@@H]1[C@@H](O)C[C@]2(C)[C@H]3CC=C4[C@H](C[C@@H](O[C@H]5O[C@@H](CO)[C@H](O)[C@@H](O)[C@@H]5O)C(=O)C4(C)C)[C@@]3(C)C(=O)C[C@@]12C. The zero-order valence-corrected chi connectivity index (χ0v) is 29.2. The summed E-state index contributed by atoms with van der Waals surface area (Å²) < 4.78 is 11.6. The largest absolute Gasteiger partial charge is 0.394 e. The molecular weight excluding hydrogens is 624 g/mol. The van der Waals surface area contributed by atoms with Crippen molar-refractivity contribution in [2.24, 2.45) is 39.4 Å². The van der Waals surface area contributed by atoms with Crippen LogP contribution < -0.4 is 0 Å². The standard InChI is InChI=1S/C36H54O12/c1-31(2,45)12-11-23(39)36(8,46)28-19(38)14-33(5)22-10-9-17-18(35(22,7)24(40)15-34(28,33)6)13-20(29(44)32(17,3)4)47-30-27(43)26(42)25(41)21(16-37)48-30/h9,11-12,18-22,25-28,30,37-38,41-43,45-46H,10,13-16H2,1-8H3/t18-,19-,20+,21-,22+,25-,26+,27-,28+,30-,33+,34-,35+,36?/m0/s1. The number of carbonyl (C=O) groups excluding carboxylic acids is 3. The Kier molecular flexibility index (Phi) is 9.23. The minimum atomic E-state index is -2.04. The molecule has 5 rings (SSSR count). The second-order valence-corrected chi connectivity index (χ2v) is 17.0. The van der Waals surface area contributed by atoms with Crippen LogP contribution in [0.5, 0.6) is 0 Å². The molecule has 12 heteroatoms. The first-order chi connectivity index (χ1) is 21.9. The summed E-state index contributed by atoms with van der Waals surface area (Å²) in [4.78, 5) is 42.0. The van der Waals surface area contributed by atoms with E-state index in [-0.39, 0.29) is 36.7 Å². The number of Topliss-reactive ketones (excluding diaryl/α,β-unsaturated/α-hetero) is 2. The summed E-state index contributed by atoms with van der Waals surface area (Å²) >= 11 is 0. The van der Waals surface area contributed by atoms with Crippen molar-refractivity contribution in [3.63, 3.8) is 0 Å². The number of aliphatic hydroxyl groups excluding tert-OH is 5. The molecule has 0 aromatic rings. The monoisotopic (exact) mass is 678 g/mol. The molecule has 4 aliphatic carbocycles. The van der Waals surface area contributed by atoms with Gasteiger partial charge >= 0.3 is 0 Å². The summed E-state index contributed by atoms with van der Waals surface area (Å²) in [6, 6.07) is 0. The maximum Gasteiger partial charge on any atom is 0.187 e. The summed E-state index contributed by atoms with van der Waals surface area (Å²) in [6.07, 6.45) is -4.87. The molecule has 48 heavy (non-hydrogen) atoms. The van der Waals surface area contributed by atoms with E-state index in [4.69, 9.17) is 9.47 Å².